The summed E-state index contributed by atoms with van der Waals surface area (Å²) in [5.74, 6) is 0.782. The number of aromatic nitrogens is 1. The van der Waals surface area contributed by atoms with Gasteiger partial charge < -0.3 is 20.1 Å². The second kappa shape index (κ2) is 8.65. The molecule has 0 atom stereocenters. The zero-order valence-corrected chi connectivity index (χ0v) is 14.8. The Balaban J connectivity index is 1.94. The third-order valence-corrected chi connectivity index (χ3v) is 3.70. The predicted octanol–water partition coefficient (Wildman–Crippen LogP) is 3.42. The molecule has 0 saturated heterocycles. The summed E-state index contributed by atoms with van der Waals surface area (Å²) >= 11 is 11.0. The van der Waals surface area contributed by atoms with E-state index in [1.807, 2.05) is 0 Å². The smallest absolute Gasteiger partial charge is 0.171 e. The molecule has 0 radical (unpaired) electrons. The minimum Gasteiger partial charge on any atom is -0.496 e. The molecular weight excluding hydrogens is 353 g/mol. The molecule has 24 heavy (non-hydrogen) atoms. The molecule has 1 aromatic carbocycles. The Kier molecular flexibility index (Phi) is 6.57. The van der Waals surface area contributed by atoms with Gasteiger partial charge in [0.15, 0.2) is 16.7 Å². The number of pyridine rings is 1. The van der Waals surface area contributed by atoms with Crippen LogP contribution in [0.2, 0.25) is 5.02 Å². The third-order valence-electron chi connectivity index (χ3n) is 3.23. The number of hydrogen-bond donors (Lipinski definition) is 2. The van der Waals surface area contributed by atoms with Crippen molar-refractivity contribution in [3.63, 3.8) is 0 Å². The lowest BCUT2D eigenvalue weighted by atomic mass is 10.1. The average molecular weight is 370 g/mol. The van der Waals surface area contributed by atoms with Crippen LogP contribution in [0, 0.1) is 5.82 Å². The summed E-state index contributed by atoms with van der Waals surface area (Å²) in [5, 5.41) is 6.84. The van der Waals surface area contributed by atoms with Gasteiger partial charge in [0.25, 0.3) is 0 Å². The lowest BCUT2D eigenvalue weighted by Crippen LogP contribution is -2.30. The summed E-state index contributed by atoms with van der Waals surface area (Å²) in [6, 6.07) is 6.62. The first-order valence-electron chi connectivity index (χ1n) is 7.11. The first-order valence-corrected chi connectivity index (χ1v) is 7.89. The molecule has 0 saturated carbocycles. The van der Waals surface area contributed by atoms with Crippen LogP contribution in [0.5, 0.6) is 11.5 Å². The molecule has 0 amide bonds. The van der Waals surface area contributed by atoms with Crippen molar-refractivity contribution in [2.45, 2.75) is 6.42 Å². The molecule has 0 spiro atoms. The molecule has 0 unspecified atom stereocenters. The number of benzene rings is 1. The van der Waals surface area contributed by atoms with Gasteiger partial charge in [-0.15, -0.1) is 0 Å². The summed E-state index contributed by atoms with van der Waals surface area (Å²) in [6.07, 6.45) is 1.89. The van der Waals surface area contributed by atoms with Crippen molar-refractivity contribution in [2.75, 3.05) is 26.1 Å². The van der Waals surface area contributed by atoms with Crippen LogP contribution < -0.4 is 20.1 Å². The van der Waals surface area contributed by atoms with E-state index in [1.165, 1.54) is 26.5 Å². The minimum atomic E-state index is -0.433. The molecule has 1 heterocycles. The standard InChI is InChI=1S/C16H17ClFN3O2S/c1-22-12-4-5-13(23-2)15(18)11(12)7-8-19-16(24)21-14-6-3-10(17)9-20-14/h3-6,9H,7-8H2,1-2H3,(H2,19,20,21,24). The Hall–Kier alpha value is -2.12. The summed E-state index contributed by atoms with van der Waals surface area (Å²) in [7, 11) is 2.92. The fraction of sp³-hybridized carbons (Fsp3) is 0.250. The molecule has 1 aromatic heterocycles. The van der Waals surface area contributed by atoms with Crippen molar-refractivity contribution in [3.8, 4) is 11.5 Å². The van der Waals surface area contributed by atoms with Crippen molar-refractivity contribution in [1.29, 1.82) is 0 Å². The topological polar surface area (TPSA) is 55.4 Å². The van der Waals surface area contributed by atoms with Gasteiger partial charge in [-0.3, -0.25) is 0 Å². The van der Waals surface area contributed by atoms with Crippen LogP contribution in [-0.4, -0.2) is 30.9 Å². The number of anilines is 1. The van der Waals surface area contributed by atoms with E-state index in [1.54, 1.807) is 18.2 Å². The van der Waals surface area contributed by atoms with Gasteiger partial charge in [-0.25, -0.2) is 9.37 Å². The van der Waals surface area contributed by atoms with E-state index in [2.05, 4.69) is 15.6 Å². The minimum absolute atomic E-state index is 0.178. The quantitative estimate of drug-likeness (QED) is 0.761. The molecule has 128 valence electrons. The molecule has 0 fully saturated rings. The van der Waals surface area contributed by atoms with Gasteiger partial charge in [0.2, 0.25) is 0 Å². The lowest BCUT2D eigenvalue weighted by Gasteiger charge is -2.14. The van der Waals surface area contributed by atoms with Gasteiger partial charge in [0.1, 0.15) is 11.6 Å². The van der Waals surface area contributed by atoms with Gasteiger partial charge in [0.05, 0.1) is 19.2 Å². The van der Waals surface area contributed by atoms with Crippen molar-refractivity contribution >= 4 is 34.7 Å². The highest BCUT2D eigenvalue weighted by atomic mass is 35.5. The van der Waals surface area contributed by atoms with Gasteiger partial charge in [-0.2, -0.15) is 0 Å². The van der Waals surface area contributed by atoms with Gasteiger partial charge >= 0.3 is 0 Å². The Labute approximate surface area is 150 Å². The number of nitrogens with zero attached hydrogens (tertiary/aromatic N) is 1. The van der Waals surface area contributed by atoms with Gasteiger partial charge in [-0.1, -0.05) is 11.6 Å². The number of nitrogens with one attached hydrogen (secondary N) is 2. The SMILES string of the molecule is COc1ccc(OC)c(CCNC(=S)Nc2ccc(Cl)cn2)c1F. The summed E-state index contributed by atoms with van der Waals surface area (Å²) in [4.78, 5) is 4.08. The number of hydrogen-bond acceptors (Lipinski definition) is 4. The second-order valence-electron chi connectivity index (χ2n) is 4.76. The maximum absolute atomic E-state index is 14.3. The molecule has 2 rings (SSSR count). The average Bonchev–Trinajstić information content (AvgIpc) is 2.58. The van der Waals surface area contributed by atoms with Crippen molar-refractivity contribution < 1.29 is 13.9 Å². The molecule has 0 aliphatic rings. The van der Waals surface area contributed by atoms with Crippen molar-refractivity contribution in [2.24, 2.45) is 0 Å². The van der Waals surface area contributed by atoms with E-state index >= 15 is 0 Å². The monoisotopic (exact) mass is 369 g/mol. The Bertz CT molecular complexity index is 713. The molecule has 5 nitrogen and oxygen atoms in total. The van der Waals surface area contributed by atoms with Gasteiger partial charge in [0, 0.05) is 18.3 Å². The highest BCUT2D eigenvalue weighted by molar-refractivity contribution is 7.80. The van der Waals surface area contributed by atoms with E-state index in [0.717, 1.165) is 0 Å². The maximum atomic E-state index is 14.3. The zero-order valence-electron chi connectivity index (χ0n) is 13.2. The maximum Gasteiger partial charge on any atom is 0.171 e. The summed E-state index contributed by atoms with van der Waals surface area (Å²) in [6.45, 7) is 0.417. The molecule has 2 aromatic rings. The largest absolute Gasteiger partial charge is 0.496 e. The highest BCUT2D eigenvalue weighted by Crippen LogP contribution is 2.29. The Morgan fingerprint density at radius 2 is 1.92 bits per heavy atom. The van der Waals surface area contributed by atoms with Crippen LogP contribution in [0.3, 0.4) is 0 Å². The first kappa shape index (κ1) is 18.2. The molecule has 0 bridgehead atoms. The normalized spacial score (nSPS) is 10.2. The molecule has 8 heteroatoms. The zero-order chi connectivity index (χ0) is 17.5. The predicted molar refractivity (Wildman–Crippen MR) is 96.7 cm³/mol. The van der Waals surface area contributed by atoms with E-state index in [-0.39, 0.29) is 5.75 Å². The number of rotatable bonds is 6. The molecule has 2 N–H and O–H groups in total. The van der Waals surface area contributed by atoms with Crippen molar-refractivity contribution in [1.82, 2.24) is 10.3 Å². The van der Waals surface area contributed by atoms with Crippen LogP contribution in [0.4, 0.5) is 10.2 Å². The number of halogens is 2. The molecule has 0 aliphatic carbocycles. The summed E-state index contributed by atoms with van der Waals surface area (Å²) < 4.78 is 24.5. The third kappa shape index (κ3) is 4.69. The number of ether oxygens (including phenoxy) is 2. The van der Waals surface area contributed by atoms with Crippen LogP contribution in [0.1, 0.15) is 5.56 Å². The van der Waals surface area contributed by atoms with E-state index < -0.39 is 5.82 Å². The van der Waals surface area contributed by atoms with Crippen LogP contribution >= 0.6 is 23.8 Å². The second-order valence-corrected chi connectivity index (χ2v) is 5.60. The first-order chi connectivity index (χ1) is 11.5. The number of thiocarbonyl (C=S) groups is 1. The van der Waals surface area contributed by atoms with Crippen molar-refractivity contribution in [3.05, 3.63) is 46.9 Å². The highest BCUT2D eigenvalue weighted by Gasteiger charge is 2.14. The van der Waals surface area contributed by atoms with Crippen LogP contribution in [0.25, 0.3) is 0 Å². The Morgan fingerprint density at radius 1 is 1.21 bits per heavy atom. The fourth-order valence-electron chi connectivity index (χ4n) is 2.08. The lowest BCUT2D eigenvalue weighted by molar-refractivity contribution is 0.371. The number of methoxy groups -OCH3 is 2. The van der Waals surface area contributed by atoms with E-state index in [9.17, 15) is 4.39 Å². The Morgan fingerprint density at radius 3 is 2.54 bits per heavy atom. The molecular formula is C16H17ClFN3O2S. The van der Waals surface area contributed by atoms with Crippen LogP contribution in [-0.2, 0) is 6.42 Å². The van der Waals surface area contributed by atoms with E-state index in [0.29, 0.717) is 40.2 Å². The fourth-order valence-corrected chi connectivity index (χ4v) is 2.39. The van der Waals surface area contributed by atoms with E-state index in [4.69, 9.17) is 33.3 Å². The summed E-state index contributed by atoms with van der Waals surface area (Å²) in [5.41, 5.74) is 0.428. The molecule has 0 aliphatic heterocycles. The van der Waals surface area contributed by atoms with Crippen LogP contribution in [0.15, 0.2) is 30.5 Å². The van der Waals surface area contributed by atoms with Gasteiger partial charge in [-0.05, 0) is 42.9 Å².